The summed E-state index contributed by atoms with van der Waals surface area (Å²) >= 11 is 5.31. The van der Waals surface area contributed by atoms with E-state index in [1.165, 1.54) is 5.56 Å². The third-order valence-corrected chi connectivity index (χ3v) is 4.71. The van der Waals surface area contributed by atoms with Gasteiger partial charge in [-0.25, -0.2) is 5.10 Å². The van der Waals surface area contributed by atoms with Gasteiger partial charge in [0, 0.05) is 11.8 Å². The van der Waals surface area contributed by atoms with E-state index in [4.69, 9.17) is 17.0 Å². The predicted octanol–water partition coefficient (Wildman–Crippen LogP) is 4.26. The smallest absolute Gasteiger partial charge is 0.216 e. The zero-order valence-corrected chi connectivity index (χ0v) is 17.6. The molecule has 0 aliphatic heterocycles. The monoisotopic (exact) mass is 418 g/mol. The van der Waals surface area contributed by atoms with Gasteiger partial charge >= 0.3 is 0 Å². The van der Waals surface area contributed by atoms with Crippen molar-refractivity contribution in [3.63, 3.8) is 0 Å². The fourth-order valence-corrected chi connectivity index (χ4v) is 3.33. The molecule has 0 saturated carbocycles. The number of nitrogens with one attached hydrogen (secondary N) is 1. The van der Waals surface area contributed by atoms with Crippen LogP contribution in [0.5, 0.6) is 5.75 Å². The zero-order valence-electron chi connectivity index (χ0n) is 16.8. The van der Waals surface area contributed by atoms with E-state index in [2.05, 4.69) is 38.6 Å². The molecule has 30 heavy (non-hydrogen) atoms. The zero-order chi connectivity index (χ0) is 20.9. The van der Waals surface area contributed by atoms with Gasteiger partial charge in [-0.05, 0) is 54.9 Å². The maximum atomic E-state index is 5.89. The Labute approximate surface area is 179 Å². The largest absolute Gasteiger partial charge is 0.486 e. The molecule has 0 unspecified atom stereocenters. The molecular formula is C22H22N6OS. The van der Waals surface area contributed by atoms with Crippen LogP contribution in [0.3, 0.4) is 0 Å². The molecule has 0 radical (unpaired) electrons. The van der Waals surface area contributed by atoms with Crippen LogP contribution >= 0.6 is 12.2 Å². The van der Waals surface area contributed by atoms with E-state index in [1.54, 1.807) is 17.1 Å². The highest BCUT2D eigenvalue weighted by Gasteiger charge is 2.07. The lowest BCUT2D eigenvalue weighted by atomic mass is 10.1. The van der Waals surface area contributed by atoms with Gasteiger partial charge < -0.3 is 4.74 Å². The third-order valence-electron chi connectivity index (χ3n) is 4.44. The summed E-state index contributed by atoms with van der Waals surface area (Å²) in [5.74, 6) is 1.38. The number of hydrogen-bond donors (Lipinski definition) is 1. The van der Waals surface area contributed by atoms with Gasteiger partial charge in [0.2, 0.25) is 4.77 Å². The summed E-state index contributed by atoms with van der Waals surface area (Å²) in [7, 11) is 0. The Bertz CT molecular complexity index is 1200. The van der Waals surface area contributed by atoms with Crippen molar-refractivity contribution < 1.29 is 4.74 Å². The minimum atomic E-state index is 0.251. The minimum Gasteiger partial charge on any atom is -0.486 e. The first-order valence-corrected chi connectivity index (χ1v) is 9.96. The predicted molar refractivity (Wildman–Crippen MR) is 118 cm³/mol. The highest BCUT2D eigenvalue weighted by atomic mass is 32.1. The summed E-state index contributed by atoms with van der Waals surface area (Å²) in [6.45, 7) is 5.03. The molecule has 0 saturated heterocycles. The van der Waals surface area contributed by atoms with E-state index in [0.717, 1.165) is 22.4 Å². The molecule has 4 aromatic rings. The van der Waals surface area contributed by atoms with Crippen LogP contribution in [0.1, 0.15) is 28.1 Å². The second-order valence-electron chi connectivity index (χ2n) is 7.07. The Hall–Kier alpha value is -3.52. The van der Waals surface area contributed by atoms with Crippen molar-refractivity contribution in [3.8, 4) is 5.75 Å². The normalized spacial score (nSPS) is 11.3. The van der Waals surface area contributed by atoms with Gasteiger partial charge in [0.15, 0.2) is 5.82 Å². The van der Waals surface area contributed by atoms with Gasteiger partial charge in [0.05, 0.1) is 19.0 Å². The lowest BCUT2D eigenvalue weighted by Crippen LogP contribution is -2.04. The Morgan fingerprint density at radius 2 is 1.90 bits per heavy atom. The number of aromatic amines is 1. The second-order valence-corrected chi connectivity index (χ2v) is 7.46. The molecular weight excluding hydrogens is 396 g/mol. The van der Waals surface area contributed by atoms with Crippen LogP contribution in [0.15, 0.2) is 66.0 Å². The number of aromatic nitrogens is 5. The van der Waals surface area contributed by atoms with Crippen molar-refractivity contribution in [1.82, 2.24) is 24.7 Å². The number of rotatable bonds is 7. The summed E-state index contributed by atoms with van der Waals surface area (Å²) in [4.78, 5) is 0. The highest BCUT2D eigenvalue weighted by Crippen LogP contribution is 2.17. The Balaban J connectivity index is 1.45. The minimum absolute atomic E-state index is 0.251. The van der Waals surface area contributed by atoms with Crippen molar-refractivity contribution in [2.75, 3.05) is 0 Å². The molecule has 0 spiro atoms. The first-order chi connectivity index (χ1) is 14.6. The van der Waals surface area contributed by atoms with E-state index in [1.807, 2.05) is 55.1 Å². The second kappa shape index (κ2) is 8.87. The Kier molecular flexibility index (Phi) is 5.85. The standard InChI is InChI=1S/C22H22N6OS/c1-16-8-17(2)10-20(9-16)29-15-21-25-26-22(30)28(21)24-12-19-11-23-27(14-19)13-18-6-4-3-5-7-18/h3-12,14H,13,15H2,1-2H3,(H,26,30)/b24-12-. The van der Waals surface area contributed by atoms with Crippen molar-refractivity contribution in [2.45, 2.75) is 27.0 Å². The highest BCUT2D eigenvalue weighted by molar-refractivity contribution is 7.71. The van der Waals surface area contributed by atoms with E-state index in [-0.39, 0.29) is 6.61 Å². The molecule has 8 heteroatoms. The Morgan fingerprint density at radius 1 is 1.13 bits per heavy atom. The molecule has 4 rings (SSSR count). The fourth-order valence-electron chi connectivity index (χ4n) is 3.13. The fraction of sp³-hybridized carbons (Fsp3) is 0.182. The van der Waals surface area contributed by atoms with Gasteiger partial charge in [0.25, 0.3) is 0 Å². The first kappa shape index (κ1) is 19.8. The molecule has 2 aromatic carbocycles. The van der Waals surface area contributed by atoms with Crippen LogP contribution in [0, 0.1) is 18.6 Å². The van der Waals surface area contributed by atoms with Crippen LogP contribution in [0.4, 0.5) is 0 Å². The number of hydrogen-bond acceptors (Lipinski definition) is 5. The van der Waals surface area contributed by atoms with Crippen LogP contribution in [-0.4, -0.2) is 30.9 Å². The van der Waals surface area contributed by atoms with Gasteiger partial charge in [-0.15, -0.1) is 0 Å². The molecule has 0 amide bonds. The lowest BCUT2D eigenvalue weighted by Gasteiger charge is -2.07. The Morgan fingerprint density at radius 3 is 2.67 bits per heavy atom. The van der Waals surface area contributed by atoms with E-state index < -0.39 is 0 Å². The first-order valence-electron chi connectivity index (χ1n) is 9.55. The number of ether oxygens (including phenoxy) is 1. The molecule has 0 fully saturated rings. The molecule has 0 bridgehead atoms. The average Bonchev–Trinajstić information content (AvgIpc) is 3.31. The quantitative estimate of drug-likeness (QED) is 0.359. The molecule has 0 atom stereocenters. The van der Waals surface area contributed by atoms with Gasteiger partial charge in [-0.1, -0.05) is 36.4 Å². The maximum absolute atomic E-state index is 5.89. The summed E-state index contributed by atoms with van der Waals surface area (Å²) in [6, 6.07) is 16.3. The van der Waals surface area contributed by atoms with Crippen molar-refractivity contribution >= 4 is 18.4 Å². The van der Waals surface area contributed by atoms with Gasteiger partial charge in [-0.2, -0.15) is 20.0 Å². The third kappa shape index (κ3) is 4.90. The number of aryl methyl sites for hydroxylation is 2. The molecule has 2 heterocycles. The van der Waals surface area contributed by atoms with Crippen LogP contribution in [0.25, 0.3) is 0 Å². The van der Waals surface area contributed by atoms with Crippen molar-refractivity contribution in [2.24, 2.45) is 5.10 Å². The summed E-state index contributed by atoms with van der Waals surface area (Å²) in [6.07, 6.45) is 5.41. The number of nitrogens with zero attached hydrogens (tertiary/aromatic N) is 5. The van der Waals surface area contributed by atoms with Crippen LogP contribution < -0.4 is 4.74 Å². The summed E-state index contributed by atoms with van der Waals surface area (Å²) in [5.41, 5.74) is 4.35. The SMILES string of the molecule is Cc1cc(C)cc(OCc2n[nH]c(=S)n2/N=C\c2cnn(Cc3ccccc3)c2)c1. The van der Waals surface area contributed by atoms with Crippen LogP contribution in [0.2, 0.25) is 0 Å². The van der Waals surface area contributed by atoms with E-state index in [9.17, 15) is 0 Å². The van der Waals surface area contributed by atoms with Gasteiger partial charge in [0.1, 0.15) is 12.4 Å². The molecule has 7 nitrogen and oxygen atoms in total. The summed E-state index contributed by atoms with van der Waals surface area (Å²) < 4.78 is 9.73. The van der Waals surface area contributed by atoms with Gasteiger partial charge in [-0.3, -0.25) is 4.68 Å². The van der Waals surface area contributed by atoms with E-state index in [0.29, 0.717) is 17.1 Å². The number of H-pyrrole nitrogens is 1. The molecule has 0 aliphatic carbocycles. The van der Waals surface area contributed by atoms with Crippen molar-refractivity contribution in [1.29, 1.82) is 0 Å². The van der Waals surface area contributed by atoms with Crippen molar-refractivity contribution in [3.05, 3.63) is 93.8 Å². The van der Waals surface area contributed by atoms with E-state index >= 15 is 0 Å². The lowest BCUT2D eigenvalue weighted by molar-refractivity contribution is 0.290. The molecule has 2 aromatic heterocycles. The molecule has 0 aliphatic rings. The maximum Gasteiger partial charge on any atom is 0.216 e. The topological polar surface area (TPSA) is 73.0 Å². The number of benzene rings is 2. The van der Waals surface area contributed by atoms with Crippen LogP contribution in [-0.2, 0) is 13.2 Å². The average molecular weight is 419 g/mol. The molecule has 152 valence electrons. The summed E-state index contributed by atoms with van der Waals surface area (Å²) in [5, 5.41) is 15.9. The molecule has 1 N–H and O–H groups in total.